The molecule has 1 atom stereocenters. The molecule has 2 aromatic carbocycles. The third-order valence-corrected chi connectivity index (χ3v) is 6.58. The smallest absolute Gasteiger partial charge is 0.267 e. The van der Waals surface area contributed by atoms with Gasteiger partial charge in [-0.3, -0.25) is 9.59 Å². The number of nitrogens with zero attached hydrogens (tertiary/aromatic N) is 1. The van der Waals surface area contributed by atoms with Gasteiger partial charge in [-0.1, -0.05) is 12.1 Å². The van der Waals surface area contributed by atoms with E-state index in [1.165, 1.54) is 32.4 Å². The Balaban J connectivity index is 1.91. The quantitative estimate of drug-likeness (QED) is 0.773. The van der Waals surface area contributed by atoms with Gasteiger partial charge in [0.1, 0.15) is 17.5 Å². The summed E-state index contributed by atoms with van der Waals surface area (Å²) in [5, 5.41) is 2.66. The van der Waals surface area contributed by atoms with Crippen LogP contribution in [0.15, 0.2) is 47.4 Å². The summed E-state index contributed by atoms with van der Waals surface area (Å²) in [6, 6.07) is 9.94. The number of hydrogen-bond acceptors (Lipinski definition) is 6. The van der Waals surface area contributed by atoms with Gasteiger partial charge in [0.05, 0.1) is 24.8 Å². The van der Waals surface area contributed by atoms with Crippen molar-refractivity contribution < 1.29 is 27.5 Å². The number of nitrogens with one attached hydrogen (secondary N) is 1. The molecule has 1 aliphatic heterocycles. The highest BCUT2D eigenvalue weighted by Gasteiger charge is 2.44. The fourth-order valence-electron chi connectivity index (χ4n) is 3.29. The van der Waals surface area contributed by atoms with Crippen LogP contribution in [0.1, 0.15) is 18.4 Å². The minimum atomic E-state index is -4.20. The molecule has 0 aromatic heterocycles. The number of ether oxygens (including phenoxy) is 2. The van der Waals surface area contributed by atoms with Crippen LogP contribution in [0.25, 0.3) is 0 Å². The van der Waals surface area contributed by atoms with E-state index in [-0.39, 0.29) is 17.7 Å². The normalized spacial score (nSPS) is 16.6. The van der Waals surface area contributed by atoms with Crippen molar-refractivity contribution in [3.63, 3.8) is 0 Å². The summed E-state index contributed by atoms with van der Waals surface area (Å²) in [6.07, 6.45) is 0.0760. The highest BCUT2D eigenvalue weighted by Crippen LogP contribution is 2.31. The monoisotopic (exact) mass is 418 g/mol. The number of para-hydroxylation sites is 2. The Hall–Kier alpha value is -3.07. The summed E-state index contributed by atoms with van der Waals surface area (Å²) >= 11 is 0. The van der Waals surface area contributed by atoms with E-state index >= 15 is 0 Å². The molecule has 2 amide bonds. The highest BCUT2D eigenvalue weighted by atomic mass is 32.2. The average Bonchev–Trinajstić information content (AvgIpc) is 3.10. The van der Waals surface area contributed by atoms with Gasteiger partial charge >= 0.3 is 0 Å². The van der Waals surface area contributed by atoms with Crippen molar-refractivity contribution >= 4 is 27.5 Å². The molecule has 1 heterocycles. The molecule has 0 saturated carbocycles. The SMILES string of the molecule is COc1ccc(S(=O)(=O)N2C(=O)CC[C@H]2C(=O)Nc2ccccc2OC)cc1C. The van der Waals surface area contributed by atoms with Crippen LogP contribution in [0.3, 0.4) is 0 Å². The van der Waals surface area contributed by atoms with Gasteiger partial charge in [0.2, 0.25) is 11.8 Å². The molecule has 0 radical (unpaired) electrons. The second kappa shape index (κ2) is 8.12. The molecular formula is C20H22N2O6S. The number of amides is 2. The Morgan fingerprint density at radius 2 is 1.79 bits per heavy atom. The summed E-state index contributed by atoms with van der Waals surface area (Å²) < 4.78 is 37.3. The number of anilines is 1. The van der Waals surface area contributed by atoms with Gasteiger partial charge in [0.25, 0.3) is 10.0 Å². The molecular weight excluding hydrogens is 396 g/mol. The van der Waals surface area contributed by atoms with Crippen LogP contribution in [0.5, 0.6) is 11.5 Å². The van der Waals surface area contributed by atoms with Crippen molar-refractivity contribution in [3.05, 3.63) is 48.0 Å². The predicted octanol–water partition coefficient (Wildman–Crippen LogP) is 2.33. The molecule has 1 fully saturated rings. The molecule has 1 saturated heterocycles. The van der Waals surface area contributed by atoms with Gasteiger partial charge < -0.3 is 14.8 Å². The number of carbonyl (C=O) groups is 2. The van der Waals surface area contributed by atoms with Gasteiger partial charge in [0.15, 0.2) is 0 Å². The van der Waals surface area contributed by atoms with Crippen LogP contribution in [-0.4, -0.2) is 44.8 Å². The average molecular weight is 418 g/mol. The standard InChI is InChI=1S/C20H22N2O6S/c1-13-12-14(8-10-17(13)27-2)29(25,26)22-16(9-11-19(22)23)20(24)21-15-6-4-5-7-18(15)28-3/h4-8,10,12,16H,9,11H2,1-3H3,(H,21,24)/t16-/m0/s1. The fraction of sp³-hybridized carbons (Fsp3) is 0.300. The maximum atomic E-state index is 13.1. The van der Waals surface area contributed by atoms with Crippen molar-refractivity contribution in [3.8, 4) is 11.5 Å². The second-order valence-corrected chi connectivity index (χ2v) is 8.38. The van der Waals surface area contributed by atoms with E-state index < -0.39 is 27.9 Å². The first-order valence-electron chi connectivity index (χ1n) is 8.95. The van der Waals surface area contributed by atoms with E-state index in [4.69, 9.17) is 9.47 Å². The Bertz CT molecular complexity index is 1050. The van der Waals surface area contributed by atoms with Crippen LogP contribution >= 0.6 is 0 Å². The van der Waals surface area contributed by atoms with Gasteiger partial charge in [-0.05, 0) is 49.2 Å². The van der Waals surface area contributed by atoms with Crippen molar-refractivity contribution in [1.82, 2.24) is 4.31 Å². The topological polar surface area (TPSA) is 102 Å². The lowest BCUT2D eigenvalue weighted by Crippen LogP contribution is -2.45. The molecule has 0 bridgehead atoms. The van der Waals surface area contributed by atoms with E-state index in [1.54, 1.807) is 31.2 Å². The molecule has 29 heavy (non-hydrogen) atoms. The number of sulfonamides is 1. The largest absolute Gasteiger partial charge is 0.496 e. The maximum absolute atomic E-state index is 13.1. The van der Waals surface area contributed by atoms with E-state index in [1.807, 2.05) is 0 Å². The van der Waals surface area contributed by atoms with Crippen LogP contribution in [-0.2, 0) is 19.6 Å². The molecule has 8 nitrogen and oxygen atoms in total. The summed E-state index contributed by atoms with van der Waals surface area (Å²) in [7, 11) is -1.25. The molecule has 1 N–H and O–H groups in total. The summed E-state index contributed by atoms with van der Waals surface area (Å²) in [5.41, 5.74) is 1.01. The maximum Gasteiger partial charge on any atom is 0.267 e. The van der Waals surface area contributed by atoms with E-state index in [0.29, 0.717) is 27.1 Å². The summed E-state index contributed by atoms with van der Waals surface area (Å²) in [4.78, 5) is 25.2. The summed E-state index contributed by atoms with van der Waals surface area (Å²) in [5.74, 6) is -0.236. The molecule has 154 valence electrons. The molecule has 3 rings (SSSR count). The van der Waals surface area contributed by atoms with Crippen molar-refractivity contribution in [2.75, 3.05) is 19.5 Å². The minimum absolute atomic E-state index is 0.0294. The molecule has 0 unspecified atom stereocenters. The second-order valence-electron chi connectivity index (χ2n) is 6.57. The molecule has 0 aliphatic carbocycles. The summed E-state index contributed by atoms with van der Waals surface area (Å²) in [6.45, 7) is 1.70. The van der Waals surface area contributed by atoms with Gasteiger partial charge in [-0.25, -0.2) is 12.7 Å². The number of benzene rings is 2. The zero-order valence-electron chi connectivity index (χ0n) is 16.3. The van der Waals surface area contributed by atoms with Crippen LogP contribution < -0.4 is 14.8 Å². The minimum Gasteiger partial charge on any atom is -0.496 e. The van der Waals surface area contributed by atoms with Gasteiger partial charge in [0, 0.05) is 6.42 Å². The molecule has 0 spiro atoms. The van der Waals surface area contributed by atoms with Gasteiger partial charge in [-0.2, -0.15) is 0 Å². The van der Waals surface area contributed by atoms with Crippen molar-refractivity contribution in [2.45, 2.75) is 30.7 Å². The molecule has 9 heteroatoms. The first kappa shape index (κ1) is 20.7. The van der Waals surface area contributed by atoms with E-state index in [2.05, 4.69) is 5.32 Å². The zero-order valence-corrected chi connectivity index (χ0v) is 17.2. The van der Waals surface area contributed by atoms with Crippen LogP contribution in [0, 0.1) is 6.92 Å². The lowest BCUT2D eigenvalue weighted by atomic mass is 10.2. The first-order valence-corrected chi connectivity index (χ1v) is 10.4. The van der Waals surface area contributed by atoms with Crippen molar-refractivity contribution in [2.24, 2.45) is 0 Å². The third kappa shape index (κ3) is 3.91. The lowest BCUT2D eigenvalue weighted by Gasteiger charge is -2.24. The first-order chi connectivity index (χ1) is 13.8. The van der Waals surface area contributed by atoms with E-state index in [9.17, 15) is 18.0 Å². The molecule has 2 aromatic rings. The Morgan fingerprint density at radius 3 is 2.45 bits per heavy atom. The van der Waals surface area contributed by atoms with E-state index in [0.717, 1.165) is 0 Å². The third-order valence-electron chi connectivity index (χ3n) is 4.75. The zero-order chi connectivity index (χ0) is 21.2. The predicted molar refractivity (Wildman–Crippen MR) is 106 cm³/mol. The van der Waals surface area contributed by atoms with Crippen molar-refractivity contribution in [1.29, 1.82) is 0 Å². The Kier molecular flexibility index (Phi) is 5.78. The fourth-order valence-corrected chi connectivity index (χ4v) is 4.98. The molecule has 1 aliphatic rings. The number of rotatable bonds is 6. The number of methoxy groups -OCH3 is 2. The van der Waals surface area contributed by atoms with Crippen LogP contribution in [0.4, 0.5) is 5.69 Å². The highest BCUT2D eigenvalue weighted by molar-refractivity contribution is 7.89. The number of aryl methyl sites for hydroxylation is 1. The Labute approximate surface area is 169 Å². The number of hydrogen-bond donors (Lipinski definition) is 1. The Morgan fingerprint density at radius 1 is 1.10 bits per heavy atom. The number of carbonyl (C=O) groups excluding carboxylic acids is 2. The lowest BCUT2D eigenvalue weighted by molar-refractivity contribution is -0.128. The van der Waals surface area contributed by atoms with Gasteiger partial charge in [-0.15, -0.1) is 0 Å². The van der Waals surface area contributed by atoms with Crippen LogP contribution in [0.2, 0.25) is 0 Å².